The first-order valence-corrected chi connectivity index (χ1v) is 9.78. The summed E-state index contributed by atoms with van der Waals surface area (Å²) in [4.78, 5) is 4.65. The first kappa shape index (κ1) is 25.1. The van der Waals surface area contributed by atoms with Gasteiger partial charge in [0.25, 0.3) is 0 Å². The SMILES string of the molecule is CCCCCCNC(=NCCCOCC)NCCn1cnnc1CC.I. The Morgan fingerprint density at radius 3 is 2.65 bits per heavy atom. The number of ether oxygens (including phenoxy) is 1. The van der Waals surface area contributed by atoms with E-state index in [2.05, 4.69) is 44.2 Å². The minimum atomic E-state index is 0. The molecular formula is C18H37IN6O. The summed E-state index contributed by atoms with van der Waals surface area (Å²) in [6.07, 6.45) is 8.63. The topological polar surface area (TPSA) is 76.4 Å². The van der Waals surface area contributed by atoms with Gasteiger partial charge in [0.2, 0.25) is 0 Å². The van der Waals surface area contributed by atoms with Gasteiger partial charge in [0.1, 0.15) is 12.2 Å². The standard InChI is InChI=1S/C18H36N6O.HI/c1-4-7-8-9-11-19-18(20-12-10-15-25-6-3)21-13-14-24-16-22-23-17(24)5-2;/h16H,4-15H2,1-3H3,(H2,19,20,21);1H. The van der Waals surface area contributed by atoms with E-state index in [1.807, 2.05) is 6.92 Å². The van der Waals surface area contributed by atoms with Crippen LogP contribution in [0.1, 0.15) is 58.7 Å². The predicted molar refractivity (Wildman–Crippen MR) is 118 cm³/mol. The maximum Gasteiger partial charge on any atom is 0.191 e. The van der Waals surface area contributed by atoms with E-state index < -0.39 is 0 Å². The zero-order valence-electron chi connectivity index (χ0n) is 16.7. The minimum Gasteiger partial charge on any atom is -0.382 e. The second-order valence-corrected chi connectivity index (χ2v) is 5.99. The zero-order chi connectivity index (χ0) is 18.2. The van der Waals surface area contributed by atoms with Crippen LogP contribution in [0.25, 0.3) is 0 Å². The van der Waals surface area contributed by atoms with E-state index in [1.54, 1.807) is 6.33 Å². The van der Waals surface area contributed by atoms with E-state index in [0.717, 1.165) is 64.0 Å². The maximum atomic E-state index is 5.37. The summed E-state index contributed by atoms with van der Waals surface area (Å²) in [5.41, 5.74) is 0. The van der Waals surface area contributed by atoms with Crippen LogP contribution in [-0.4, -0.2) is 53.6 Å². The van der Waals surface area contributed by atoms with Crippen LogP contribution >= 0.6 is 24.0 Å². The highest BCUT2D eigenvalue weighted by Crippen LogP contribution is 1.97. The molecule has 0 aliphatic carbocycles. The lowest BCUT2D eigenvalue weighted by atomic mass is 10.2. The van der Waals surface area contributed by atoms with Gasteiger partial charge < -0.3 is 19.9 Å². The molecular weight excluding hydrogens is 443 g/mol. The summed E-state index contributed by atoms with van der Waals surface area (Å²) in [6.45, 7) is 11.3. The van der Waals surface area contributed by atoms with Gasteiger partial charge in [-0.1, -0.05) is 33.1 Å². The molecule has 0 aliphatic heterocycles. The van der Waals surface area contributed by atoms with Gasteiger partial charge in [-0.2, -0.15) is 0 Å². The molecule has 0 radical (unpaired) electrons. The lowest BCUT2D eigenvalue weighted by molar-refractivity contribution is 0.146. The molecule has 0 aromatic carbocycles. The van der Waals surface area contributed by atoms with Gasteiger partial charge in [-0.3, -0.25) is 4.99 Å². The Morgan fingerprint density at radius 2 is 1.92 bits per heavy atom. The van der Waals surface area contributed by atoms with Gasteiger partial charge >= 0.3 is 0 Å². The summed E-state index contributed by atoms with van der Waals surface area (Å²) < 4.78 is 7.45. The fourth-order valence-electron chi connectivity index (χ4n) is 2.47. The Kier molecular flexibility index (Phi) is 16.9. The van der Waals surface area contributed by atoms with Crippen LogP contribution in [-0.2, 0) is 17.7 Å². The van der Waals surface area contributed by atoms with Crippen LogP contribution in [0.15, 0.2) is 11.3 Å². The molecule has 0 atom stereocenters. The van der Waals surface area contributed by atoms with Crippen molar-refractivity contribution in [2.45, 2.75) is 65.8 Å². The molecule has 0 aliphatic rings. The molecule has 0 fully saturated rings. The molecule has 0 bridgehead atoms. The number of hydrogen-bond acceptors (Lipinski definition) is 4. The molecule has 1 aromatic heterocycles. The molecule has 26 heavy (non-hydrogen) atoms. The van der Waals surface area contributed by atoms with Crippen molar-refractivity contribution in [2.24, 2.45) is 4.99 Å². The molecule has 152 valence electrons. The van der Waals surface area contributed by atoms with Gasteiger partial charge in [0, 0.05) is 45.8 Å². The Hall–Kier alpha value is -0.900. The lowest BCUT2D eigenvalue weighted by Crippen LogP contribution is -2.39. The van der Waals surface area contributed by atoms with Crippen molar-refractivity contribution in [3.63, 3.8) is 0 Å². The van der Waals surface area contributed by atoms with Crippen molar-refractivity contribution in [1.82, 2.24) is 25.4 Å². The molecule has 0 unspecified atom stereocenters. The molecule has 0 spiro atoms. The van der Waals surface area contributed by atoms with Crippen LogP contribution in [0.5, 0.6) is 0 Å². The number of aromatic nitrogens is 3. The number of nitrogens with one attached hydrogen (secondary N) is 2. The molecule has 0 saturated heterocycles. The highest BCUT2D eigenvalue weighted by atomic mass is 127. The van der Waals surface area contributed by atoms with Gasteiger partial charge in [0.15, 0.2) is 5.96 Å². The summed E-state index contributed by atoms with van der Waals surface area (Å²) >= 11 is 0. The van der Waals surface area contributed by atoms with Crippen LogP contribution in [0.2, 0.25) is 0 Å². The summed E-state index contributed by atoms with van der Waals surface area (Å²) in [6, 6.07) is 0. The summed E-state index contributed by atoms with van der Waals surface area (Å²) in [5, 5.41) is 14.9. The Labute approximate surface area is 175 Å². The number of aryl methyl sites for hydroxylation is 1. The Balaban J connectivity index is 0.00000625. The third kappa shape index (κ3) is 11.7. The second kappa shape index (κ2) is 17.5. The third-order valence-electron chi connectivity index (χ3n) is 3.90. The van der Waals surface area contributed by atoms with Crippen molar-refractivity contribution >= 4 is 29.9 Å². The van der Waals surface area contributed by atoms with Crippen LogP contribution < -0.4 is 10.6 Å². The highest BCUT2D eigenvalue weighted by molar-refractivity contribution is 14.0. The minimum absolute atomic E-state index is 0. The summed E-state index contributed by atoms with van der Waals surface area (Å²) in [5.74, 6) is 1.91. The maximum absolute atomic E-state index is 5.37. The molecule has 0 amide bonds. The largest absolute Gasteiger partial charge is 0.382 e. The van der Waals surface area contributed by atoms with Crippen molar-refractivity contribution in [2.75, 3.05) is 32.8 Å². The molecule has 8 heteroatoms. The summed E-state index contributed by atoms with van der Waals surface area (Å²) in [7, 11) is 0. The Bertz CT molecular complexity index is 466. The van der Waals surface area contributed by atoms with E-state index >= 15 is 0 Å². The number of nitrogens with zero attached hydrogens (tertiary/aromatic N) is 4. The van der Waals surface area contributed by atoms with Crippen molar-refractivity contribution in [3.8, 4) is 0 Å². The number of guanidine groups is 1. The number of aliphatic imine (C=N–C) groups is 1. The van der Waals surface area contributed by atoms with Gasteiger partial charge in [-0.25, -0.2) is 0 Å². The van der Waals surface area contributed by atoms with E-state index in [-0.39, 0.29) is 24.0 Å². The molecule has 1 rings (SSSR count). The lowest BCUT2D eigenvalue weighted by Gasteiger charge is -2.13. The Morgan fingerprint density at radius 1 is 1.12 bits per heavy atom. The van der Waals surface area contributed by atoms with E-state index in [1.165, 1.54) is 25.7 Å². The molecule has 0 saturated carbocycles. The van der Waals surface area contributed by atoms with Crippen molar-refractivity contribution < 1.29 is 4.74 Å². The number of halogens is 1. The van der Waals surface area contributed by atoms with Crippen LogP contribution in [0, 0.1) is 0 Å². The average molecular weight is 480 g/mol. The fraction of sp³-hybridized carbons (Fsp3) is 0.833. The smallest absolute Gasteiger partial charge is 0.191 e. The highest BCUT2D eigenvalue weighted by Gasteiger charge is 2.02. The van der Waals surface area contributed by atoms with E-state index in [0.29, 0.717) is 0 Å². The quantitative estimate of drug-likeness (QED) is 0.185. The molecule has 7 nitrogen and oxygen atoms in total. The zero-order valence-corrected chi connectivity index (χ0v) is 19.0. The van der Waals surface area contributed by atoms with Crippen LogP contribution in [0.4, 0.5) is 0 Å². The first-order chi connectivity index (χ1) is 12.3. The second-order valence-electron chi connectivity index (χ2n) is 5.99. The molecule has 1 aromatic rings. The van der Waals surface area contributed by atoms with E-state index in [4.69, 9.17) is 4.74 Å². The first-order valence-electron chi connectivity index (χ1n) is 9.78. The molecule has 2 N–H and O–H groups in total. The normalized spacial score (nSPS) is 11.3. The number of rotatable bonds is 14. The monoisotopic (exact) mass is 480 g/mol. The van der Waals surface area contributed by atoms with Gasteiger partial charge in [0.05, 0.1) is 0 Å². The molecule has 1 heterocycles. The van der Waals surface area contributed by atoms with Gasteiger partial charge in [-0.15, -0.1) is 34.2 Å². The predicted octanol–water partition coefficient (Wildman–Crippen LogP) is 3.00. The number of hydrogen-bond donors (Lipinski definition) is 2. The fourth-order valence-corrected chi connectivity index (χ4v) is 2.47. The number of unbranched alkanes of at least 4 members (excludes halogenated alkanes) is 3. The third-order valence-corrected chi connectivity index (χ3v) is 3.90. The average Bonchev–Trinajstić information content (AvgIpc) is 3.08. The van der Waals surface area contributed by atoms with Crippen LogP contribution in [0.3, 0.4) is 0 Å². The van der Waals surface area contributed by atoms with Crippen molar-refractivity contribution in [3.05, 3.63) is 12.2 Å². The van der Waals surface area contributed by atoms with Gasteiger partial charge in [-0.05, 0) is 19.8 Å². The van der Waals surface area contributed by atoms with Crippen molar-refractivity contribution in [1.29, 1.82) is 0 Å². The van der Waals surface area contributed by atoms with E-state index in [9.17, 15) is 0 Å².